The van der Waals surface area contributed by atoms with Gasteiger partial charge in [-0.25, -0.2) is 9.44 Å². The van der Waals surface area contributed by atoms with E-state index >= 15 is 0 Å². The number of nitrogens with two attached hydrogens (primary N) is 1. The van der Waals surface area contributed by atoms with Crippen molar-refractivity contribution in [1.29, 1.82) is 0 Å². The maximum absolute atomic E-state index is 11.2. The zero-order valence-corrected chi connectivity index (χ0v) is 10.0. The van der Waals surface area contributed by atoms with Crippen LogP contribution in [0.1, 0.15) is 25.7 Å². The highest BCUT2D eigenvalue weighted by Gasteiger charge is 2.24. The molecule has 1 saturated carbocycles. The van der Waals surface area contributed by atoms with Crippen molar-refractivity contribution in [3.63, 3.8) is 0 Å². The van der Waals surface area contributed by atoms with Crippen molar-refractivity contribution < 1.29 is 8.42 Å². The molecule has 0 aliphatic heterocycles. The van der Waals surface area contributed by atoms with E-state index in [1.807, 2.05) is 0 Å². The van der Waals surface area contributed by atoms with Gasteiger partial charge in [0.25, 0.3) is 10.2 Å². The fourth-order valence-corrected chi connectivity index (χ4v) is 2.73. The zero-order valence-electron chi connectivity index (χ0n) is 9.20. The number of rotatable bonds is 5. The first-order valence-corrected chi connectivity index (χ1v) is 6.95. The molecule has 0 spiro atoms. The molecule has 6 heteroatoms. The van der Waals surface area contributed by atoms with Crippen molar-refractivity contribution in [3.8, 4) is 0 Å². The Hall–Kier alpha value is -0.170. The highest BCUT2D eigenvalue weighted by molar-refractivity contribution is 7.87. The Bertz CT molecular complexity index is 279. The first kappa shape index (κ1) is 12.9. The zero-order chi connectivity index (χ0) is 11.3. The molecular weight excluding hydrogens is 214 g/mol. The predicted octanol–water partition coefficient (Wildman–Crippen LogP) is -0.195. The van der Waals surface area contributed by atoms with Gasteiger partial charge in [-0.15, -0.1) is 0 Å². The van der Waals surface area contributed by atoms with Crippen LogP contribution in [0.15, 0.2) is 0 Å². The van der Waals surface area contributed by atoms with Gasteiger partial charge in [0.15, 0.2) is 0 Å². The third-order valence-electron chi connectivity index (χ3n) is 3.17. The quantitative estimate of drug-likeness (QED) is 0.617. The van der Waals surface area contributed by atoms with Gasteiger partial charge in [-0.3, -0.25) is 0 Å². The Kier molecular flexibility index (Phi) is 4.98. The average Bonchev–Trinajstić information content (AvgIpc) is 2.27. The molecule has 1 fully saturated rings. The summed E-state index contributed by atoms with van der Waals surface area (Å²) in [6, 6.07) is 0. The van der Waals surface area contributed by atoms with E-state index in [9.17, 15) is 8.42 Å². The van der Waals surface area contributed by atoms with Crippen LogP contribution in [-0.2, 0) is 10.2 Å². The first-order valence-electron chi connectivity index (χ1n) is 5.47. The van der Waals surface area contributed by atoms with Gasteiger partial charge in [-0.1, -0.05) is 12.8 Å². The molecule has 0 aromatic carbocycles. The minimum atomic E-state index is -3.29. The smallest absolute Gasteiger partial charge is 0.276 e. The van der Waals surface area contributed by atoms with Gasteiger partial charge in [-0.05, 0) is 31.2 Å². The number of hydrogen-bond donors (Lipinski definition) is 3. The van der Waals surface area contributed by atoms with Gasteiger partial charge < -0.3 is 5.73 Å². The molecule has 0 aromatic heterocycles. The second-order valence-corrected chi connectivity index (χ2v) is 5.80. The monoisotopic (exact) mass is 235 g/mol. The Morgan fingerprint density at radius 3 is 2.40 bits per heavy atom. The summed E-state index contributed by atoms with van der Waals surface area (Å²) in [4.78, 5) is 0. The van der Waals surface area contributed by atoms with E-state index < -0.39 is 10.2 Å². The standard InChI is InChI=1S/C9H21N3O2S/c1-11-15(13,14)12-7-9-5-3-2-4-8(9)6-10/h8-9,11-12H,2-7,10H2,1H3. The molecule has 4 N–H and O–H groups in total. The fourth-order valence-electron chi connectivity index (χ4n) is 2.15. The van der Waals surface area contributed by atoms with Crippen molar-refractivity contribution in [2.75, 3.05) is 20.1 Å². The van der Waals surface area contributed by atoms with E-state index in [-0.39, 0.29) is 0 Å². The molecule has 5 nitrogen and oxygen atoms in total. The van der Waals surface area contributed by atoms with E-state index in [2.05, 4.69) is 9.44 Å². The van der Waals surface area contributed by atoms with Crippen LogP contribution in [0.3, 0.4) is 0 Å². The molecule has 1 aliphatic carbocycles. The molecule has 1 aliphatic rings. The van der Waals surface area contributed by atoms with Crippen LogP contribution in [-0.4, -0.2) is 28.6 Å². The summed E-state index contributed by atoms with van der Waals surface area (Å²) in [5, 5.41) is 0. The van der Waals surface area contributed by atoms with Crippen molar-refractivity contribution in [2.24, 2.45) is 17.6 Å². The summed E-state index contributed by atoms with van der Waals surface area (Å²) in [5.74, 6) is 0.866. The van der Waals surface area contributed by atoms with Crippen molar-refractivity contribution >= 4 is 10.2 Å². The molecule has 0 amide bonds. The van der Waals surface area contributed by atoms with Gasteiger partial charge in [0.2, 0.25) is 0 Å². The second-order valence-electron chi connectivity index (χ2n) is 4.10. The molecule has 0 radical (unpaired) electrons. The first-order chi connectivity index (χ1) is 7.09. The lowest BCUT2D eigenvalue weighted by atomic mass is 9.79. The Morgan fingerprint density at radius 2 is 1.87 bits per heavy atom. The van der Waals surface area contributed by atoms with Gasteiger partial charge in [0.05, 0.1) is 0 Å². The Labute approximate surface area is 92.0 Å². The van der Waals surface area contributed by atoms with Gasteiger partial charge in [0, 0.05) is 13.6 Å². The predicted molar refractivity (Wildman–Crippen MR) is 60.5 cm³/mol. The molecule has 2 unspecified atom stereocenters. The fraction of sp³-hybridized carbons (Fsp3) is 1.00. The average molecular weight is 235 g/mol. The maximum Gasteiger partial charge on any atom is 0.276 e. The summed E-state index contributed by atoms with van der Waals surface area (Å²) >= 11 is 0. The third-order valence-corrected chi connectivity index (χ3v) is 4.26. The van der Waals surface area contributed by atoms with E-state index in [0.29, 0.717) is 24.9 Å². The van der Waals surface area contributed by atoms with Gasteiger partial charge in [-0.2, -0.15) is 8.42 Å². The lowest BCUT2D eigenvalue weighted by Crippen LogP contribution is -2.40. The minimum absolute atomic E-state index is 0.395. The van der Waals surface area contributed by atoms with Crippen molar-refractivity contribution in [3.05, 3.63) is 0 Å². The van der Waals surface area contributed by atoms with E-state index in [1.54, 1.807) is 0 Å². The molecule has 0 aromatic rings. The van der Waals surface area contributed by atoms with Crippen LogP contribution in [0.4, 0.5) is 0 Å². The molecule has 90 valence electrons. The third kappa shape index (κ3) is 4.06. The summed E-state index contributed by atoms with van der Waals surface area (Å²) in [6.07, 6.45) is 4.61. The van der Waals surface area contributed by atoms with Crippen molar-refractivity contribution in [2.45, 2.75) is 25.7 Å². The summed E-state index contributed by atoms with van der Waals surface area (Å²) in [7, 11) is -1.88. The minimum Gasteiger partial charge on any atom is -0.330 e. The van der Waals surface area contributed by atoms with Crippen LogP contribution in [0, 0.1) is 11.8 Å². The maximum atomic E-state index is 11.2. The van der Waals surface area contributed by atoms with Crippen LogP contribution < -0.4 is 15.2 Å². The molecule has 15 heavy (non-hydrogen) atoms. The molecular formula is C9H21N3O2S. The van der Waals surface area contributed by atoms with Gasteiger partial charge >= 0.3 is 0 Å². The van der Waals surface area contributed by atoms with Crippen molar-refractivity contribution in [1.82, 2.24) is 9.44 Å². The highest BCUT2D eigenvalue weighted by Crippen LogP contribution is 2.28. The Morgan fingerprint density at radius 1 is 1.27 bits per heavy atom. The van der Waals surface area contributed by atoms with Crippen LogP contribution in [0.25, 0.3) is 0 Å². The van der Waals surface area contributed by atoms with E-state index in [1.165, 1.54) is 19.9 Å². The normalized spacial score (nSPS) is 27.9. The lowest BCUT2D eigenvalue weighted by molar-refractivity contribution is 0.244. The molecule has 0 saturated heterocycles. The molecule has 2 atom stereocenters. The SMILES string of the molecule is CNS(=O)(=O)NCC1CCCCC1CN. The lowest BCUT2D eigenvalue weighted by Gasteiger charge is -2.30. The number of hydrogen-bond acceptors (Lipinski definition) is 3. The molecule has 0 bridgehead atoms. The second kappa shape index (κ2) is 5.79. The van der Waals surface area contributed by atoms with E-state index in [0.717, 1.165) is 12.8 Å². The highest BCUT2D eigenvalue weighted by atomic mass is 32.2. The van der Waals surface area contributed by atoms with E-state index in [4.69, 9.17) is 5.73 Å². The molecule has 1 rings (SSSR count). The summed E-state index contributed by atoms with van der Waals surface area (Å²) < 4.78 is 27.2. The van der Waals surface area contributed by atoms with Gasteiger partial charge in [0.1, 0.15) is 0 Å². The van der Waals surface area contributed by atoms with Crippen LogP contribution in [0.2, 0.25) is 0 Å². The number of nitrogens with one attached hydrogen (secondary N) is 2. The largest absolute Gasteiger partial charge is 0.330 e. The topological polar surface area (TPSA) is 84.2 Å². The van der Waals surface area contributed by atoms with Crippen LogP contribution >= 0.6 is 0 Å². The van der Waals surface area contributed by atoms with Crippen LogP contribution in [0.5, 0.6) is 0 Å². The Balaban J connectivity index is 2.42. The molecule has 0 heterocycles. The summed E-state index contributed by atoms with van der Waals surface area (Å²) in [6.45, 7) is 1.16. The summed E-state index contributed by atoms with van der Waals surface area (Å²) in [5.41, 5.74) is 5.67.